The Kier molecular flexibility index (Phi) is 6.13. The van der Waals surface area contributed by atoms with Crippen LogP contribution >= 0.6 is 11.8 Å². The van der Waals surface area contributed by atoms with E-state index in [1.165, 1.54) is 11.8 Å². The lowest BCUT2D eigenvalue weighted by molar-refractivity contribution is -0.120. The molecule has 0 radical (unpaired) electrons. The van der Waals surface area contributed by atoms with Crippen molar-refractivity contribution in [3.05, 3.63) is 100 Å². The molecule has 2 aromatic heterocycles. The quantitative estimate of drug-likeness (QED) is 0.354. The van der Waals surface area contributed by atoms with E-state index < -0.39 is 5.25 Å². The zero-order chi connectivity index (χ0) is 24.5. The molecule has 0 fully saturated rings. The summed E-state index contributed by atoms with van der Waals surface area (Å²) in [6.07, 6.45) is 0. The first-order valence-electron chi connectivity index (χ1n) is 11.4. The number of benzene rings is 3. The molecule has 7 nitrogen and oxygen atoms in total. The van der Waals surface area contributed by atoms with Crippen molar-refractivity contribution in [2.24, 2.45) is 0 Å². The minimum absolute atomic E-state index is 0.0976. The maximum atomic E-state index is 13.5. The van der Waals surface area contributed by atoms with Crippen LogP contribution in [0.25, 0.3) is 22.4 Å². The van der Waals surface area contributed by atoms with Gasteiger partial charge in [0.15, 0.2) is 5.16 Å². The van der Waals surface area contributed by atoms with Crippen molar-refractivity contribution in [3.63, 3.8) is 0 Å². The second-order valence-electron chi connectivity index (χ2n) is 8.46. The molecule has 0 saturated heterocycles. The Morgan fingerprint density at radius 1 is 0.914 bits per heavy atom. The molecule has 5 rings (SSSR count). The number of fused-ring (bicyclic) bond motifs is 3. The Bertz CT molecular complexity index is 1590. The van der Waals surface area contributed by atoms with Crippen molar-refractivity contribution in [1.82, 2.24) is 24.5 Å². The highest BCUT2D eigenvalue weighted by Gasteiger charge is 2.23. The Morgan fingerprint density at radius 3 is 2.37 bits per heavy atom. The molecule has 3 aromatic carbocycles. The van der Waals surface area contributed by atoms with Crippen molar-refractivity contribution in [2.75, 3.05) is 0 Å². The number of hydrogen-bond donors (Lipinski definition) is 1. The lowest BCUT2D eigenvalue weighted by atomic mass is 10.1. The molecule has 35 heavy (non-hydrogen) atoms. The van der Waals surface area contributed by atoms with Crippen molar-refractivity contribution < 1.29 is 4.79 Å². The number of para-hydroxylation sites is 2. The van der Waals surface area contributed by atoms with Crippen molar-refractivity contribution >= 4 is 34.3 Å². The van der Waals surface area contributed by atoms with E-state index in [4.69, 9.17) is 0 Å². The Labute approximate surface area is 206 Å². The molecule has 0 bridgehead atoms. The number of thioether (sulfide) groups is 1. The number of hydrogen-bond acceptors (Lipinski definition) is 5. The number of carbonyl (C=O) groups is 1. The minimum atomic E-state index is -0.425. The Morgan fingerprint density at radius 2 is 1.60 bits per heavy atom. The summed E-state index contributed by atoms with van der Waals surface area (Å²) in [5.41, 5.74) is 3.29. The van der Waals surface area contributed by atoms with Crippen LogP contribution in [0, 0.1) is 6.92 Å². The number of rotatable bonds is 6. The normalized spacial score (nSPS) is 13.1. The largest absolute Gasteiger partial charge is 0.349 e. The summed E-state index contributed by atoms with van der Waals surface area (Å²) in [5.74, 6) is 0.315. The number of amides is 1. The van der Waals surface area contributed by atoms with Crippen LogP contribution in [0.2, 0.25) is 0 Å². The molecule has 2 atom stereocenters. The van der Waals surface area contributed by atoms with Gasteiger partial charge in [-0.3, -0.25) is 14.0 Å². The van der Waals surface area contributed by atoms with Gasteiger partial charge in [0.1, 0.15) is 0 Å². The van der Waals surface area contributed by atoms with Gasteiger partial charge in [-0.2, -0.15) is 0 Å². The summed E-state index contributed by atoms with van der Waals surface area (Å²) >= 11 is 1.32. The van der Waals surface area contributed by atoms with Crippen LogP contribution < -0.4 is 10.9 Å². The van der Waals surface area contributed by atoms with Gasteiger partial charge in [-0.25, -0.2) is 4.57 Å². The first-order valence-corrected chi connectivity index (χ1v) is 12.3. The lowest BCUT2D eigenvalue weighted by Gasteiger charge is -2.17. The fraction of sp³-hybridized carbons (Fsp3) is 0.185. The van der Waals surface area contributed by atoms with Gasteiger partial charge < -0.3 is 5.32 Å². The van der Waals surface area contributed by atoms with Gasteiger partial charge in [-0.15, -0.1) is 10.2 Å². The molecule has 5 aromatic rings. The molecule has 176 valence electrons. The number of nitrogens with one attached hydrogen (secondary N) is 1. The molecular weight excluding hydrogens is 458 g/mol. The first kappa shape index (κ1) is 22.9. The van der Waals surface area contributed by atoms with Crippen LogP contribution in [0.5, 0.6) is 0 Å². The van der Waals surface area contributed by atoms with Gasteiger partial charge >= 0.3 is 0 Å². The number of aryl methyl sites for hydroxylation is 1. The predicted molar refractivity (Wildman–Crippen MR) is 139 cm³/mol. The molecule has 0 aliphatic carbocycles. The van der Waals surface area contributed by atoms with Gasteiger partial charge in [0.05, 0.1) is 27.9 Å². The first-order chi connectivity index (χ1) is 17.0. The highest BCUT2D eigenvalue weighted by molar-refractivity contribution is 8.00. The lowest BCUT2D eigenvalue weighted by Crippen LogP contribution is -2.33. The second-order valence-corrected chi connectivity index (χ2v) is 9.77. The monoisotopic (exact) mass is 483 g/mol. The zero-order valence-electron chi connectivity index (χ0n) is 19.7. The van der Waals surface area contributed by atoms with Gasteiger partial charge in [-0.1, -0.05) is 72.4 Å². The molecule has 0 aliphatic heterocycles. The predicted octanol–water partition coefficient (Wildman–Crippen LogP) is 4.70. The topological polar surface area (TPSA) is 81.3 Å². The molecule has 0 aliphatic rings. The highest BCUT2D eigenvalue weighted by atomic mass is 32.2. The summed E-state index contributed by atoms with van der Waals surface area (Å²) in [4.78, 5) is 26.5. The number of aromatic nitrogens is 4. The van der Waals surface area contributed by atoms with E-state index in [2.05, 4.69) is 15.5 Å². The third kappa shape index (κ3) is 4.21. The molecule has 2 unspecified atom stereocenters. The van der Waals surface area contributed by atoms with Gasteiger partial charge in [0.2, 0.25) is 11.7 Å². The smallest absolute Gasteiger partial charge is 0.267 e. The third-order valence-electron chi connectivity index (χ3n) is 6.06. The summed E-state index contributed by atoms with van der Waals surface area (Å²) < 4.78 is 3.45. The van der Waals surface area contributed by atoms with Crippen LogP contribution in [0.3, 0.4) is 0 Å². The zero-order valence-corrected chi connectivity index (χ0v) is 20.5. The van der Waals surface area contributed by atoms with Crippen molar-refractivity contribution in [1.29, 1.82) is 0 Å². The fourth-order valence-corrected chi connectivity index (χ4v) is 5.02. The summed E-state index contributed by atoms with van der Waals surface area (Å²) in [7, 11) is 0. The SMILES string of the molecule is Cc1ccccc1-n1c(=O)c2ccccc2n2c(SC(C)C(=O)NC(C)c3ccccc3)nnc12. The van der Waals surface area contributed by atoms with Crippen LogP contribution in [0.15, 0.2) is 88.8 Å². The van der Waals surface area contributed by atoms with Crippen LogP contribution in [-0.4, -0.2) is 30.3 Å². The van der Waals surface area contributed by atoms with Crippen LogP contribution in [0.4, 0.5) is 0 Å². The average Bonchev–Trinajstić information content (AvgIpc) is 3.29. The van der Waals surface area contributed by atoms with Gasteiger partial charge in [0, 0.05) is 0 Å². The van der Waals surface area contributed by atoms with Crippen LogP contribution in [-0.2, 0) is 4.79 Å². The van der Waals surface area contributed by atoms with E-state index in [0.29, 0.717) is 21.8 Å². The van der Waals surface area contributed by atoms with Crippen molar-refractivity contribution in [2.45, 2.75) is 37.2 Å². The van der Waals surface area contributed by atoms with Gasteiger partial charge in [-0.05, 0) is 50.1 Å². The van der Waals surface area contributed by atoms with E-state index in [1.807, 2.05) is 98.0 Å². The summed E-state index contributed by atoms with van der Waals surface area (Å²) in [6, 6.07) is 24.8. The van der Waals surface area contributed by atoms with E-state index in [-0.39, 0.29) is 17.5 Å². The van der Waals surface area contributed by atoms with E-state index in [0.717, 1.165) is 16.8 Å². The summed E-state index contributed by atoms with van der Waals surface area (Å²) in [5, 5.41) is 12.5. The van der Waals surface area contributed by atoms with Crippen molar-refractivity contribution in [3.8, 4) is 5.69 Å². The molecule has 1 N–H and O–H groups in total. The maximum Gasteiger partial charge on any atom is 0.267 e. The second kappa shape index (κ2) is 9.38. The van der Waals surface area contributed by atoms with E-state index in [1.54, 1.807) is 10.6 Å². The standard InChI is InChI=1S/C27H25N5O2S/c1-17-11-7-9-15-22(17)31-25(34)21-14-8-10-16-23(21)32-26(31)29-30-27(32)35-19(3)24(33)28-18(2)20-12-5-4-6-13-20/h4-16,18-19H,1-3H3,(H,28,33). The van der Waals surface area contributed by atoms with Crippen LogP contribution in [0.1, 0.15) is 31.0 Å². The van der Waals surface area contributed by atoms with E-state index in [9.17, 15) is 9.59 Å². The Hall–Kier alpha value is -3.91. The molecule has 1 amide bonds. The maximum absolute atomic E-state index is 13.5. The molecular formula is C27H25N5O2S. The van der Waals surface area contributed by atoms with E-state index >= 15 is 0 Å². The Balaban J connectivity index is 1.55. The number of carbonyl (C=O) groups excluding carboxylic acids is 1. The highest BCUT2D eigenvalue weighted by Crippen LogP contribution is 2.27. The third-order valence-corrected chi connectivity index (χ3v) is 7.10. The van der Waals surface area contributed by atoms with Gasteiger partial charge in [0.25, 0.3) is 5.56 Å². The molecule has 0 spiro atoms. The molecule has 0 saturated carbocycles. The number of nitrogens with zero attached hydrogens (tertiary/aromatic N) is 4. The summed E-state index contributed by atoms with van der Waals surface area (Å²) in [6.45, 7) is 5.77. The minimum Gasteiger partial charge on any atom is -0.349 e. The molecule has 8 heteroatoms. The fourth-order valence-electron chi connectivity index (χ4n) is 4.15. The average molecular weight is 484 g/mol. The molecule has 2 heterocycles.